The number of amides is 2. The quantitative estimate of drug-likeness (QED) is 0.621. The van der Waals surface area contributed by atoms with Gasteiger partial charge in [0.2, 0.25) is 0 Å². The van der Waals surface area contributed by atoms with E-state index in [-0.39, 0.29) is 17.7 Å². The van der Waals surface area contributed by atoms with Crippen molar-refractivity contribution < 1.29 is 18.3 Å². The van der Waals surface area contributed by atoms with Gasteiger partial charge in [-0.3, -0.25) is 0 Å². The molecular weight excluding hydrogens is 408 g/mol. The molecule has 28 heavy (non-hydrogen) atoms. The largest absolute Gasteiger partial charge is 0.467 e. The molecule has 1 aliphatic heterocycles. The van der Waals surface area contributed by atoms with E-state index >= 15 is 0 Å². The lowest BCUT2D eigenvalue weighted by Crippen LogP contribution is -2.43. The maximum atomic E-state index is 13.8. The van der Waals surface area contributed by atoms with Crippen molar-refractivity contribution in [1.29, 1.82) is 0 Å². The molecule has 2 heterocycles. The Labute approximate surface area is 168 Å². The van der Waals surface area contributed by atoms with Gasteiger partial charge < -0.3 is 15.0 Å². The fourth-order valence-electron chi connectivity index (χ4n) is 3.08. The van der Waals surface area contributed by atoms with Crippen molar-refractivity contribution in [3.05, 3.63) is 53.1 Å². The van der Waals surface area contributed by atoms with E-state index in [9.17, 15) is 13.6 Å². The SMILES string of the molecule is O=C(Nc1cccc(Cl)c1)N1CCC(Oc2nc3c(F)cc(F)cc3s2)CC1. The Bertz CT molecular complexity index is 1020. The van der Waals surface area contributed by atoms with Crippen molar-refractivity contribution in [1.82, 2.24) is 9.88 Å². The molecule has 9 heteroatoms. The van der Waals surface area contributed by atoms with Crippen LogP contribution in [0.15, 0.2) is 36.4 Å². The van der Waals surface area contributed by atoms with Gasteiger partial charge in [-0.2, -0.15) is 4.98 Å². The molecule has 2 amide bonds. The lowest BCUT2D eigenvalue weighted by Gasteiger charge is -2.31. The summed E-state index contributed by atoms with van der Waals surface area (Å²) < 4.78 is 33.3. The molecule has 3 aromatic rings. The maximum Gasteiger partial charge on any atom is 0.321 e. The van der Waals surface area contributed by atoms with Crippen molar-refractivity contribution in [2.45, 2.75) is 18.9 Å². The van der Waals surface area contributed by atoms with Gasteiger partial charge in [-0.05, 0) is 24.3 Å². The number of benzene rings is 2. The number of carbonyl (C=O) groups is 1. The molecule has 0 bridgehead atoms. The number of rotatable bonds is 3. The molecule has 1 N–H and O–H groups in total. The van der Waals surface area contributed by atoms with E-state index in [1.54, 1.807) is 29.2 Å². The van der Waals surface area contributed by atoms with E-state index in [2.05, 4.69) is 10.3 Å². The second-order valence-corrected chi connectivity index (χ2v) is 7.89. The van der Waals surface area contributed by atoms with E-state index < -0.39 is 11.6 Å². The number of likely N-dealkylation sites (tertiary alicyclic amines) is 1. The van der Waals surface area contributed by atoms with Crippen LogP contribution in [0.25, 0.3) is 10.2 Å². The minimum absolute atomic E-state index is 0.111. The first-order valence-electron chi connectivity index (χ1n) is 8.71. The number of urea groups is 1. The third kappa shape index (κ3) is 4.18. The van der Waals surface area contributed by atoms with Gasteiger partial charge in [0.05, 0.1) is 4.70 Å². The van der Waals surface area contributed by atoms with E-state index in [1.165, 1.54) is 6.07 Å². The second kappa shape index (κ2) is 7.89. The molecule has 1 aromatic heterocycles. The first kappa shape index (κ1) is 18.9. The Kier molecular flexibility index (Phi) is 5.32. The van der Waals surface area contributed by atoms with Crippen LogP contribution < -0.4 is 10.1 Å². The third-order valence-electron chi connectivity index (χ3n) is 4.47. The number of hydrogen-bond acceptors (Lipinski definition) is 4. The van der Waals surface area contributed by atoms with Crippen LogP contribution in [0.5, 0.6) is 5.19 Å². The summed E-state index contributed by atoms with van der Waals surface area (Å²) in [6, 6.07) is 8.82. The van der Waals surface area contributed by atoms with Crippen molar-refractivity contribution in [2.24, 2.45) is 0 Å². The summed E-state index contributed by atoms with van der Waals surface area (Å²) in [5.41, 5.74) is 0.749. The van der Waals surface area contributed by atoms with E-state index in [4.69, 9.17) is 16.3 Å². The number of halogens is 3. The van der Waals surface area contributed by atoms with Crippen LogP contribution >= 0.6 is 22.9 Å². The van der Waals surface area contributed by atoms with Crippen LogP contribution in [-0.2, 0) is 0 Å². The molecule has 0 atom stereocenters. The highest BCUT2D eigenvalue weighted by molar-refractivity contribution is 7.20. The van der Waals surface area contributed by atoms with Gasteiger partial charge in [0.1, 0.15) is 17.4 Å². The molecule has 1 aliphatic rings. The highest BCUT2D eigenvalue weighted by atomic mass is 35.5. The van der Waals surface area contributed by atoms with Crippen LogP contribution in [0.1, 0.15) is 12.8 Å². The van der Waals surface area contributed by atoms with Gasteiger partial charge in [-0.1, -0.05) is 29.0 Å². The summed E-state index contributed by atoms with van der Waals surface area (Å²) in [6.07, 6.45) is 1.11. The van der Waals surface area contributed by atoms with Gasteiger partial charge in [-0.15, -0.1) is 0 Å². The summed E-state index contributed by atoms with van der Waals surface area (Å²) in [5.74, 6) is -1.34. The summed E-state index contributed by atoms with van der Waals surface area (Å²) in [5, 5.41) is 3.68. The number of aromatic nitrogens is 1. The minimum atomic E-state index is -0.700. The Morgan fingerprint density at radius 2 is 2.04 bits per heavy atom. The van der Waals surface area contributed by atoms with Gasteiger partial charge >= 0.3 is 6.03 Å². The molecule has 0 unspecified atom stereocenters. The fraction of sp³-hybridized carbons (Fsp3) is 0.263. The average molecular weight is 424 g/mol. The average Bonchev–Trinajstić information content (AvgIpc) is 3.05. The van der Waals surface area contributed by atoms with Crippen molar-refractivity contribution in [3.63, 3.8) is 0 Å². The number of ether oxygens (including phenoxy) is 1. The molecule has 0 aliphatic carbocycles. The molecular formula is C19H16ClF2N3O2S. The number of hydrogen-bond donors (Lipinski definition) is 1. The first-order valence-corrected chi connectivity index (χ1v) is 9.91. The van der Waals surface area contributed by atoms with Crippen LogP contribution in [0.4, 0.5) is 19.3 Å². The lowest BCUT2D eigenvalue weighted by molar-refractivity contribution is 0.115. The number of piperidine rings is 1. The molecule has 0 saturated carbocycles. The van der Waals surface area contributed by atoms with Gasteiger partial charge in [0.15, 0.2) is 5.82 Å². The van der Waals surface area contributed by atoms with Gasteiger partial charge in [0, 0.05) is 42.7 Å². The smallest absolute Gasteiger partial charge is 0.321 e. The first-order chi connectivity index (χ1) is 13.5. The molecule has 1 saturated heterocycles. The normalized spacial score (nSPS) is 15.0. The van der Waals surface area contributed by atoms with E-state index in [0.717, 1.165) is 17.4 Å². The Hall–Kier alpha value is -2.45. The molecule has 5 nitrogen and oxygen atoms in total. The predicted molar refractivity (Wildman–Crippen MR) is 105 cm³/mol. The number of anilines is 1. The lowest BCUT2D eigenvalue weighted by atomic mass is 10.1. The topological polar surface area (TPSA) is 54.5 Å². The Morgan fingerprint density at radius 1 is 1.25 bits per heavy atom. The zero-order valence-corrected chi connectivity index (χ0v) is 16.2. The van der Waals surface area contributed by atoms with Crippen LogP contribution in [0.2, 0.25) is 5.02 Å². The summed E-state index contributed by atoms with van der Waals surface area (Å²) in [4.78, 5) is 18.2. The van der Waals surface area contributed by atoms with Crippen molar-refractivity contribution in [2.75, 3.05) is 18.4 Å². The fourth-order valence-corrected chi connectivity index (χ4v) is 4.19. The van der Waals surface area contributed by atoms with Gasteiger partial charge in [-0.25, -0.2) is 13.6 Å². The number of thiazole rings is 1. The number of carbonyl (C=O) groups excluding carboxylic acids is 1. The Morgan fingerprint density at radius 3 is 2.79 bits per heavy atom. The van der Waals surface area contributed by atoms with Crippen LogP contribution in [-0.4, -0.2) is 35.1 Å². The minimum Gasteiger partial charge on any atom is -0.467 e. The standard InChI is InChI=1S/C19H16ClF2N3O2S/c20-11-2-1-3-13(8-11)23-18(26)25-6-4-14(5-7-25)27-19-24-17-15(22)9-12(21)10-16(17)28-19/h1-3,8-10,14H,4-7H2,(H,23,26). The summed E-state index contributed by atoms with van der Waals surface area (Å²) in [6.45, 7) is 1.04. The van der Waals surface area contributed by atoms with Crippen molar-refractivity contribution in [3.8, 4) is 5.19 Å². The number of fused-ring (bicyclic) bond motifs is 1. The molecule has 4 rings (SSSR count). The Balaban J connectivity index is 1.34. The number of nitrogens with one attached hydrogen (secondary N) is 1. The molecule has 146 valence electrons. The molecule has 2 aromatic carbocycles. The van der Waals surface area contributed by atoms with Crippen LogP contribution in [0, 0.1) is 11.6 Å². The summed E-state index contributed by atoms with van der Waals surface area (Å²) >= 11 is 7.04. The number of nitrogens with zero attached hydrogens (tertiary/aromatic N) is 2. The maximum absolute atomic E-state index is 13.8. The second-order valence-electron chi connectivity index (χ2n) is 6.46. The monoisotopic (exact) mass is 423 g/mol. The highest BCUT2D eigenvalue weighted by Gasteiger charge is 2.25. The van der Waals surface area contributed by atoms with Crippen molar-refractivity contribution >= 4 is 44.9 Å². The molecule has 0 radical (unpaired) electrons. The van der Waals surface area contributed by atoms with E-state index in [0.29, 0.717) is 46.5 Å². The predicted octanol–water partition coefficient (Wildman–Crippen LogP) is 5.30. The van der Waals surface area contributed by atoms with Crippen LogP contribution in [0.3, 0.4) is 0 Å². The van der Waals surface area contributed by atoms with Gasteiger partial charge in [0.25, 0.3) is 5.19 Å². The zero-order valence-electron chi connectivity index (χ0n) is 14.6. The highest BCUT2D eigenvalue weighted by Crippen LogP contribution is 2.32. The zero-order chi connectivity index (χ0) is 19.7. The molecule has 1 fully saturated rings. The molecule has 0 spiro atoms. The van der Waals surface area contributed by atoms with E-state index in [1.807, 2.05) is 0 Å². The third-order valence-corrected chi connectivity index (χ3v) is 5.59. The summed E-state index contributed by atoms with van der Waals surface area (Å²) in [7, 11) is 0.